The fourth-order valence-corrected chi connectivity index (χ4v) is 3.85. The van der Waals surface area contributed by atoms with Crippen molar-refractivity contribution in [2.45, 2.75) is 24.5 Å². The average Bonchev–Trinajstić information content (AvgIpc) is 2.42. The number of piperidine rings is 1. The van der Waals surface area contributed by atoms with E-state index < -0.39 is 26.3 Å². The van der Waals surface area contributed by atoms with Gasteiger partial charge in [0.25, 0.3) is 0 Å². The largest absolute Gasteiger partial charge is 0.325 e. The van der Waals surface area contributed by atoms with Gasteiger partial charge in [0.05, 0.1) is 0 Å². The maximum Gasteiger partial charge on any atom is 0.245 e. The first-order chi connectivity index (χ1) is 9.76. The molecule has 1 aromatic carbocycles. The molecule has 1 aromatic rings. The number of hydrogen-bond donors (Lipinski definition) is 2. The molecule has 0 unspecified atom stereocenters. The molecule has 0 saturated carbocycles. The van der Waals surface area contributed by atoms with Crippen LogP contribution in [0.25, 0.3) is 0 Å². The van der Waals surface area contributed by atoms with Crippen molar-refractivity contribution in [3.63, 3.8) is 0 Å². The molecule has 1 saturated heterocycles. The molecule has 0 aromatic heterocycles. The zero-order valence-electron chi connectivity index (χ0n) is 12.5. The molecular weight excluding hydrogens is 331 g/mol. The van der Waals surface area contributed by atoms with Gasteiger partial charge >= 0.3 is 0 Å². The summed E-state index contributed by atoms with van der Waals surface area (Å²) in [5.41, 5.74) is 0.734. The summed E-state index contributed by atoms with van der Waals surface area (Å²) in [6, 6.07) is 4.30. The number of sulfone groups is 1. The highest BCUT2D eigenvalue weighted by Gasteiger charge is 2.48. The van der Waals surface area contributed by atoms with Gasteiger partial charge in [-0.1, -0.05) is 6.07 Å². The summed E-state index contributed by atoms with van der Waals surface area (Å²) < 4.78 is 36.3. The lowest BCUT2D eigenvalue weighted by molar-refractivity contribution is -0.119. The summed E-state index contributed by atoms with van der Waals surface area (Å²) in [6.07, 6.45) is 1.51. The standard InChI is InChI=1S/C14H19FN2O3S.ClH/c1-10-3-4-11(9-12(10)15)17-13(18)14(21(2,19)20)5-7-16-8-6-14;/h3-4,9,16H,5-8H2,1-2H3,(H,17,18);1H. The fraction of sp³-hybridized carbons (Fsp3) is 0.500. The molecule has 2 N–H and O–H groups in total. The maximum absolute atomic E-state index is 13.5. The van der Waals surface area contributed by atoms with E-state index >= 15 is 0 Å². The van der Waals surface area contributed by atoms with Gasteiger partial charge in [0, 0.05) is 11.9 Å². The van der Waals surface area contributed by atoms with Crippen molar-refractivity contribution >= 4 is 33.8 Å². The predicted octanol–water partition coefficient (Wildman–Crippen LogP) is 1.66. The predicted molar refractivity (Wildman–Crippen MR) is 86.7 cm³/mol. The van der Waals surface area contributed by atoms with Gasteiger partial charge in [-0.2, -0.15) is 0 Å². The smallest absolute Gasteiger partial charge is 0.245 e. The van der Waals surface area contributed by atoms with Crippen molar-refractivity contribution in [1.82, 2.24) is 5.32 Å². The first-order valence-electron chi connectivity index (χ1n) is 6.74. The molecule has 1 fully saturated rings. The fourth-order valence-electron chi connectivity index (χ4n) is 2.51. The number of anilines is 1. The summed E-state index contributed by atoms with van der Waals surface area (Å²) in [7, 11) is -3.57. The Morgan fingerprint density at radius 3 is 2.41 bits per heavy atom. The van der Waals surface area contributed by atoms with Gasteiger partial charge in [-0.3, -0.25) is 4.79 Å². The minimum Gasteiger partial charge on any atom is -0.325 e. The van der Waals surface area contributed by atoms with Crippen molar-refractivity contribution in [3.05, 3.63) is 29.6 Å². The van der Waals surface area contributed by atoms with Crippen molar-refractivity contribution in [1.29, 1.82) is 0 Å². The molecule has 0 spiro atoms. The third kappa shape index (κ3) is 3.59. The Bertz CT molecular complexity index is 658. The van der Waals surface area contributed by atoms with Crippen LogP contribution < -0.4 is 10.6 Å². The van der Waals surface area contributed by atoms with Crippen LogP contribution in [0.5, 0.6) is 0 Å². The number of carbonyl (C=O) groups excluding carboxylic acids is 1. The molecule has 1 heterocycles. The topological polar surface area (TPSA) is 75.3 Å². The number of amides is 1. The van der Waals surface area contributed by atoms with E-state index in [2.05, 4.69) is 10.6 Å². The Kier molecular flexibility index (Phi) is 5.95. The maximum atomic E-state index is 13.5. The van der Waals surface area contributed by atoms with E-state index in [0.717, 1.165) is 6.26 Å². The van der Waals surface area contributed by atoms with E-state index in [0.29, 0.717) is 18.7 Å². The molecule has 0 atom stereocenters. The first kappa shape index (κ1) is 18.9. The van der Waals surface area contributed by atoms with Crippen LogP contribution >= 0.6 is 12.4 Å². The van der Waals surface area contributed by atoms with E-state index in [1.807, 2.05) is 0 Å². The SMILES string of the molecule is Cc1ccc(NC(=O)C2(S(C)(=O)=O)CCNCC2)cc1F.Cl. The van der Waals surface area contributed by atoms with E-state index in [1.54, 1.807) is 19.1 Å². The molecule has 124 valence electrons. The number of halogens is 2. The van der Waals surface area contributed by atoms with Gasteiger partial charge < -0.3 is 10.6 Å². The highest BCUT2D eigenvalue weighted by Crippen LogP contribution is 2.29. The Labute approximate surface area is 136 Å². The van der Waals surface area contributed by atoms with Gasteiger partial charge in [0.1, 0.15) is 5.82 Å². The molecule has 1 aliphatic heterocycles. The zero-order chi connectivity index (χ0) is 15.7. The van der Waals surface area contributed by atoms with Gasteiger partial charge in [-0.15, -0.1) is 12.4 Å². The second-order valence-corrected chi connectivity index (χ2v) is 7.76. The summed E-state index contributed by atoms with van der Waals surface area (Å²) >= 11 is 0. The lowest BCUT2D eigenvalue weighted by Gasteiger charge is -2.34. The summed E-state index contributed by atoms with van der Waals surface area (Å²) in [4.78, 5) is 12.5. The molecule has 5 nitrogen and oxygen atoms in total. The van der Waals surface area contributed by atoms with Crippen molar-refractivity contribution < 1.29 is 17.6 Å². The minimum atomic E-state index is -3.57. The normalized spacial score (nSPS) is 17.4. The second-order valence-electron chi connectivity index (χ2n) is 5.43. The van der Waals surface area contributed by atoms with E-state index in [-0.39, 0.29) is 30.9 Å². The quantitative estimate of drug-likeness (QED) is 0.869. The van der Waals surface area contributed by atoms with Gasteiger partial charge in [-0.05, 0) is 50.6 Å². The third-order valence-electron chi connectivity index (χ3n) is 3.96. The van der Waals surface area contributed by atoms with E-state index in [1.165, 1.54) is 6.07 Å². The second kappa shape index (κ2) is 6.93. The Morgan fingerprint density at radius 2 is 1.91 bits per heavy atom. The van der Waals surface area contributed by atoms with Crippen molar-refractivity contribution in [3.8, 4) is 0 Å². The molecule has 0 bridgehead atoms. The van der Waals surface area contributed by atoms with Crippen molar-refractivity contribution in [2.75, 3.05) is 24.7 Å². The van der Waals surface area contributed by atoms with Crippen LogP contribution in [0.4, 0.5) is 10.1 Å². The van der Waals surface area contributed by atoms with Crippen LogP contribution in [0.15, 0.2) is 18.2 Å². The molecule has 0 radical (unpaired) electrons. The Morgan fingerprint density at radius 1 is 1.32 bits per heavy atom. The Balaban J connectivity index is 0.00000242. The summed E-state index contributed by atoms with van der Waals surface area (Å²) in [5.74, 6) is -1.03. The summed E-state index contributed by atoms with van der Waals surface area (Å²) in [6.45, 7) is 2.54. The first-order valence-corrected chi connectivity index (χ1v) is 8.63. The highest BCUT2D eigenvalue weighted by molar-refractivity contribution is 7.92. The number of carbonyl (C=O) groups is 1. The number of aryl methyl sites for hydroxylation is 1. The highest BCUT2D eigenvalue weighted by atomic mass is 35.5. The number of benzene rings is 1. The molecule has 8 heteroatoms. The van der Waals surface area contributed by atoms with Crippen LogP contribution in [-0.2, 0) is 14.6 Å². The lowest BCUT2D eigenvalue weighted by atomic mass is 9.95. The van der Waals surface area contributed by atoms with Crippen LogP contribution in [0.3, 0.4) is 0 Å². The molecule has 2 rings (SSSR count). The molecule has 22 heavy (non-hydrogen) atoms. The van der Waals surface area contributed by atoms with Gasteiger partial charge in [-0.25, -0.2) is 12.8 Å². The van der Waals surface area contributed by atoms with Crippen LogP contribution in [0, 0.1) is 12.7 Å². The summed E-state index contributed by atoms with van der Waals surface area (Å²) in [5, 5.41) is 5.58. The van der Waals surface area contributed by atoms with Crippen LogP contribution in [-0.4, -0.2) is 38.4 Å². The van der Waals surface area contributed by atoms with Gasteiger partial charge in [0.15, 0.2) is 14.6 Å². The van der Waals surface area contributed by atoms with Crippen LogP contribution in [0.1, 0.15) is 18.4 Å². The van der Waals surface area contributed by atoms with E-state index in [9.17, 15) is 17.6 Å². The third-order valence-corrected chi connectivity index (χ3v) is 5.98. The van der Waals surface area contributed by atoms with E-state index in [4.69, 9.17) is 0 Å². The minimum absolute atomic E-state index is 0. The average molecular weight is 351 g/mol. The number of hydrogen-bond acceptors (Lipinski definition) is 4. The zero-order valence-corrected chi connectivity index (χ0v) is 14.1. The Hall–Kier alpha value is -1.18. The molecular formula is C14H20ClFN2O3S. The van der Waals surface area contributed by atoms with Crippen molar-refractivity contribution in [2.24, 2.45) is 0 Å². The molecule has 1 amide bonds. The molecule has 0 aliphatic carbocycles. The molecule has 1 aliphatic rings. The number of rotatable bonds is 3. The lowest BCUT2D eigenvalue weighted by Crippen LogP contribution is -2.55. The van der Waals surface area contributed by atoms with Gasteiger partial charge in [0.2, 0.25) is 5.91 Å². The number of nitrogens with one attached hydrogen (secondary N) is 2. The van der Waals surface area contributed by atoms with Crippen LogP contribution in [0.2, 0.25) is 0 Å². The monoisotopic (exact) mass is 350 g/mol.